The quantitative estimate of drug-likeness (QED) is 0.254. The standard InChI is InChI=1S/C37H40N4O7/c1-24(38-37(46)48-23-27-16-10-5-11-17-27)33(42)40-32-28(20-25-12-6-3-7-13-25)22-29-18-19-31(41(29)35(32)44)34(43)39-30(36(45)47-2)21-26-14-8-4-9-15-26/h3-17,24,29-31H,18-23H2,1-2H3,(H,38,46)(H,39,43)(H,40,42)/t24-,29+,30-,31-/m0/s1. The number of nitrogens with one attached hydrogen (secondary N) is 3. The van der Waals surface area contributed by atoms with Gasteiger partial charge in [0.1, 0.15) is 30.4 Å². The lowest BCUT2D eigenvalue weighted by Crippen LogP contribution is -2.56. The molecule has 0 radical (unpaired) electrons. The van der Waals surface area contributed by atoms with Crippen molar-refractivity contribution in [2.24, 2.45) is 0 Å². The van der Waals surface area contributed by atoms with E-state index in [0.717, 1.165) is 22.3 Å². The number of carbonyl (C=O) groups is 5. The van der Waals surface area contributed by atoms with Gasteiger partial charge in [-0.2, -0.15) is 0 Å². The Balaban J connectivity index is 1.31. The van der Waals surface area contributed by atoms with Crippen LogP contribution in [-0.2, 0) is 48.1 Å². The molecule has 0 aromatic heterocycles. The monoisotopic (exact) mass is 652 g/mol. The van der Waals surface area contributed by atoms with Crippen molar-refractivity contribution in [2.75, 3.05) is 7.11 Å². The molecule has 2 heterocycles. The topological polar surface area (TPSA) is 143 Å². The van der Waals surface area contributed by atoms with Crippen LogP contribution in [0.15, 0.2) is 102 Å². The first-order valence-electron chi connectivity index (χ1n) is 16.0. The average Bonchev–Trinajstić information content (AvgIpc) is 3.54. The number of amides is 4. The van der Waals surface area contributed by atoms with Crippen LogP contribution >= 0.6 is 0 Å². The van der Waals surface area contributed by atoms with Gasteiger partial charge in [0, 0.05) is 12.5 Å². The number of fused-ring (bicyclic) bond motifs is 1. The number of nitrogens with zero attached hydrogens (tertiary/aromatic N) is 1. The van der Waals surface area contributed by atoms with Gasteiger partial charge in [-0.25, -0.2) is 9.59 Å². The fourth-order valence-corrected chi connectivity index (χ4v) is 6.15. The number of esters is 1. The zero-order chi connectivity index (χ0) is 34.0. The van der Waals surface area contributed by atoms with Gasteiger partial charge in [0.2, 0.25) is 11.8 Å². The molecule has 11 heteroatoms. The highest BCUT2D eigenvalue weighted by Gasteiger charge is 2.46. The second kappa shape index (κ2) is 15.9. The Morgan fingerprint density at radius 3 is 2.06 bits per heavy atom. The van der Waals surface area contributed by atoms with Crippen molar-refractivity contribution in [3.8, 4) is 0 Å². The third-order valence-corrected chi connectivity index (χ3v) is 8.62. The molecule has 2 aliphatic rings. The van der Waals surface area contributed by atoms with Crippen LogP contribution in [0.2, 0.25) is 0 Å². The Kier molecular flexibility index (Phi) is 11.2. The summed E-state index contributed by atoms with van der Waals surface area (Å²) in [6.07, 6.45) is 1.30. The molecule has 1 saturated heterocycles. The van der Waals surface area contributed by atoms with E-state index in [-0.39, 0.29) is 24.8 Å². The van der Waals surface area contributed by atoms with E-state index in [1.54, 1.807) is 0 Å². The van der Waals surface area contributed by atoms with Crippen LogP contribution in [0.3, 0.4) is 0 Å². The average molecular weight is 653 g/mol. The molecule has 48 heavy (non-hydrogen) atoms. The Bertz CT molecular complexity index is 1650. The summed E-state index contributed by atoms with van der Waals surface area (Å²) in [6, 6.07) is 24.9. The Labute approximate surface area is 279 Å². The van der Waals surface area contributed by atoms with E-state index in [1.807, 2.05) is 91.0 Å². The van der Waals surface area contributed by atoms with Crippen molar-refractivity contribution >= 4 is 29.8 Å². The van der Waals surface area contributed by atoms with Crippen molar-refractivity contribution in [3.05, 3.63) is 119 Å². The number of alkyl carbamates (subject to hydrolysis) is 1. The van der Waals surface area contributed by atoms with Crippen molar-refractivity contribution < 1.29 is 33.4 Å². The first kappa shape index (κ1) is 33.9. The highest BCUT2D eigenvalue weighted by atomic mass is 16.5. The van der Waals surface area contributed by atoms with E-state index < -0.39 is 47.9 Å². The number of hydrogen-bond donors (Lipinski definition) is 3. The fourth-order valence-electron chi connectivity index (χ4n) is 6.15. The lowest BCUT2D eigenvalue weighted by atomic mass is 9.92. The molecule has 4 amide bonds. The van der Waals surface area contributed by atoms with E-state index >= 15 is 0 Å². The van der Waals surface area contributed by atoms with E-state index in [1.165, 1.54) is 18.9 Å². The van der Waals surface area contributed by atoms with Gasteiger partial charge in [-0.1, -0.05) is 91.0 Å². The van der Waals surface area contributed by atoms with Crippen LogP contribution in [0.4, 0.5) is 4.79 Å². The first-order valence-corrected chi connectivity index (χ1v) is 16.0. The third kappa shape index (κ3) is 8.47. The molecule has 0 saturated carbocycles. The number of hydrogen-bond acceptors (Lipinski definition) is 7. The van der Waals surface area contributed by atoms with Gasteiger partial charge in [-0.15, -0.1) is 0 Å². The van der Waals surface area contributed by atoms with Crippen molar-refractivity contribution in [2.45, 2.75) is 69.8 Å². The molecule has 5 rings (SSSR count). The maximum absolute atomic E-state index is 14.2. The molecule has 0 spiro atoms. The smallest absolute Gasteiger partial charge is 0.408 e. The second-order valence-electron chi connectivity index (χ2n) is 12.0. The first-order chi connectivity index (χ1) is 23.2. The molecular weight excluding hydrogens is 612 g/mol. The van der Waals surface area contributed by atoms with Gasteiger partial charge in [0.15, 0.2) is 0 Å². The molecule has 0 unspecified atom stereocenters. The molecule has 3 aromatic rings. The van der Waals surface area contributed by atoms with Gasteiger partial charge in [-0.05, 0) is 54.9 Å². The maximum atomic E-state index is 14.2. The molecule has 1 fully saturated rings. The molecule has 0 bridgehead atoms. The van der Waals surface area contributed by atoms with Crippen LogP contribution < -0.4 is 16.0 Å². The van der Waals surface area contributed by atoms with Crippen LogP contribution in [0.25, 0.3) is 0 Å². The van der Waals surface area contributed by atoms with Gasteiger partial charge >= 0.3 is 12.1 Å². The summed E-state index contributed by atoms with van der Waals surface area (Å²) in [7, 11) is 1.26. The van der Waals surface area contributed by atoms with E-state index in [9.17, 15) is 24.0 Å². The van der Waals surface area contributed by atoms with Crippen LogP contribution in [-0.4, -0.2) is 66.0 Å². The van der Waals surface area contributed by atoms with Crippen molar-refractivity contribution in [3.63, 3.8) is 0 Å². The van der Waals surface area contributed by atoms with Gasteiger partial charge in [0.25, 0.3) is 5.91 Å². The number of methoxy groups -OCH3 is 1. The minimum Gasteiger partial charge on any atom is -0.467 e. The Morgan fingerprint density at radius 2 is 1.44 bits per heavy atom. The number of ether oxygens (including phenoxy) is 2. The van der Waals surface area contributed by atoms with Crippen LogP contribution in [0.1, 0.15) is 42.9 Å². The summed E-state index contributed by atoms with van der Waals surface area (Å²) in [4.78, 5) is 67.9. The molecule has 3 aromatic carbocycles. The summed E-state index contributed by atoms with van der Waals surface area (Å²) < 4.78 is 10.2. The highest BCUT2D eigenvalue weighted by Crippen LogP contribution is 2.36. The summed E-state index contributed by atoms with van der Waals surface area (Å²) >= 11 is 0. The lowest BCUT2D eigenvalue weighted by molar-refractivity contribution is -0.146. The zero-order valence-corrected chi connectivity index (χ0v) is 27.0. The van der Waals surface area contributed by atoms with Crippen molar-refractivity contribution in [1.29, 1.82) is 0 Å². The number of rotatable bonds is 12. The predicted octanol–water partition coefficient (Wildman–Crippen LogP) is 3.58. The molecule has 3 N–H and O–H groups in total. The van der Waals surface area contributed by atoms with Crippen molar-refractivity contribution in [1.82, 2.24) is 20.9 Å². The Hall–Kier alpha value is -5.45. The zero-order valence-electron chi connectivity index (χ0n) is 27.0. The van der Waals surface area contributed by atoms with Gasteiger partial charge in [-0.3, -0.25) is 14.4 Å². The summed E-state index contributed by atoms with van der Waals surface area (Å²) in [5.74, 6) is -2.15. The van der Waals surface area contributed by atoms with Gasteiger partial charge < -0.3 is 30.3 Å². The SMILES string of the molecule is COC(=O)[C@H](Cc1ccccc1)NC(=O)[C@@H]1CC[C@@H]2CC(Cc3ccccc3)=C(NC(=O)[C@H](C)NC(=O)OCc3ccccc3)C(=O)N21. The summed E-state index contributed by atoms with van der Waals surface area (Å²) in [6.45, 7) is 1.53. The summed E-state index contributed by atoms with van der Waals surface area (Å²) in [5.41, 5.74) is 3.42. The predicted molar refractivity (Wildman–Crippen MR) is 177 cm³/mol. The molecule has 2 aliphatic heterocycles. The maximum Gasteiger partial charge on any atom is 0.408 e. The number of carbonyl (C=O) groups excluding carboxylic acids is 5. The van der Waals surface area contributed by atoms with Crippen LogP contribution in [0.5, 0.6) is 0 Å². The Morgan fingerprint density at radius 1 is 0.833 bits per heavy atom. The third-order valence-electron chi connectivity index (χ3n) is 8.62. The molecule has 11 nitrogen and oxygen atoms in total. The lowest BCUT2D eigenvalue weighted by Gasteiger charge is -2.36. The molecule has 4 atom stereocenters. The summed E-state index contributed by atoms with van der Waals surface area (Å²) in [5, 5.41) is 8.10. The minimum atomic E-state index is -1.03. The second-order valence-corrected chi connectivity index (χ2v) is 12.0. The van der Waals surface area contributed by atoms with E-state index in [2.05, 4.69) is 16.0 Å². The molecule has 0 aliphatic carbocycles. The van der Waals surface area contributed by atoms with E-state index in [0.29, 0.717) is 25.7 Å². The normalized spacial score (nSPS) is 18.3. The fraction of sp³-hybridized carbons (Fsp3) is 0.324. The number of benzene rings is 3. The molecular formula is C37H40N4O7. The van der Waals surface area contributed by atoms with Gasteiger partial charge in [0.05, 0.1) is 7.11 Å². The minimum absolute atomic E-state index is 0.0356. The largest absolute Gasteiger partial charge is 0.467 e. The van der Waals surface area contributed by atoms with Crippen LogP contribution in [0, 0.1) is 0 Å². The highest BCUT2D eigenvalue weighted by molar-refractivity contribution is 6.03. The van der Waals surface area contributed by atoms with E-state index in [4.69, 9.17) is 9.47 Å². The molecule has 250 valence electrons.